The topological polar surface area (TPSA) is 169 Å². The van der Waals surface area contributed by atoms with Crippen molar-refractivity contribution in [1.82, 2.24) is 5.32 Å². The van der Waals surface area contributed by atoms with E-state index in [1.54, 1.807) is 6.92 Å². The van der Waals surface area contributed by atoms with E-state index in [1.807, 2.05) is 0 Å². The summed E-state index contributed by atoms with van der Waals surface area (Å²) in [5.41, 5.74) is 0. The Bertz CT molecular complexity index is 400. The van der Waals surface area contributed by atoms with E-state index in [0.717, 1.165) is 0 Å². The van der Waals surface area contributed by atoms with E-state index in [-0.39, 0.29) is 13.0 Å². The van der Waals surface area contributed by atoms with Gasteiger partial charge in [-0.1, -0.05) is 6.92 Å². The third-order valence-corrected chi connectivity index (χ3v) is 4.04. The molecule has 1 aliphatic rings. The van der Waals surface area contributed by atoms with Crippen LogP contribution in [-0.2, 0) is 9.47 Å². The summed E-state index contributed by atoms with van der Waals surface area (Å²) in [7, 11) is 0. The summed E-state index contributed by atoms with van der Waals surface area (Å²) in [5, 5.41) is 60.4. The van der Waals surface area contributed by atoms with Crippen molar-refractivity contribution in [1.29, 1.82) is 0 Å². The van der Waals surface area contributed by atoms with Crippen LogP contribution in [0, 0.1) is 0 Å². The van der Waals surface area contributed by atoms with Crippen LogP contribution in [0.4, 0.5) is 4.79 Å². The van der Waals surface area contributed by atoms with Crippen molar-refractivity contribution in [3.8, 4) is 0 Å². The normalized spacial score (nSPS) is 34.4. The number of rotatable bonds is 8. The second-order valence-corrected chi connectivity index (χ2v) is 6.24. The van der Waals surface area contributed by atoms with Gasteiger partial charge >= 0.3 is 0 Å². The Morgan fingerprint density at radius 1 is 1.25 bits per heavy atom. The van der Waals surface area contributed by atoms with Gasteiger partial charge in [0.25, 0.3) is 4.82 Å². The first-order chi connectivity index (χ1) is 11.2. The molecule has 0 saturated carbocycles. The van der Waals surface area contributed by atoms with Crippen molar-refractivity contribution in [2.24, 2.45) is 0 Å². The molecule has 142 valence electrons. The summed E-state index contributed by atoms with van der Waals surface area (Å²) in [6, 6.07) is -1.03. The fourth-order valence-electron chi connectivity index (χ4n) is 2.28. The van der Waals surface area contributed by atoms with Gasteiger partial charge in [-0.25, -0.2) is 0 Å². The highest BCUT2D eigenvalue weighted by atomic mass is 79.9. The zero-order chi connectivity index (χ0) is 18.4. The van der Waals surface area contributed by atoms with Crippen molar-refractivity contribution < 1.29 is 44.9 Å². The van der Waals surface area contributed by atoms with Gasteiger partial charge in [0.2, 0.25) is 0 Å². The summed E-state index contributed by atoms with van der Waals surface area (Å²) in [6.45, 7) is 0.668. The number of carbonyl (C=O) groups excluding carboxylic acids is 1. The lowest BCUT2D eigenvalue weighted by atomic mass is 9.99. The molecule has 1 saturated heterocycles. The maximum absolute atomic E-state index is 11.1. The third-order valence-electron chi connectivity index (χ3n) is 3.81. The molecule has 0 aromatic carbocycles. The lowest BCUT2D eigenvalue weighted by Gasteiger charge is -2.40. The lowest BCUT2D eigenvalue weighted by molar-refractivity contribution is -0.303. The van der Waals surface area contributed by atoms with Crippen LogP contribution in [0.5, 0.6) is 0 Å². The number of aliphatic hydroxyl groups is 6. The molecule has 0 radical (unpaired) electrons. The number of amides is 1. The minimum Gasteiger partial charge on any atom is -0.394 e. The zero-order valence-corrected chi connectivity index (χ0v) is 14.6. The van der Waals surface area contributed by atoms with Crippen LogP contribution in [0.3, 0.4) is 0 Å². The molecule has 24 heavy (non-hydrogen) atoms. The molecule has 0 spiro atoms. The molecule has 8 atom stereocenters. The van der Waals surface area contributed by atoms with Gasteiger partial charge in [-0.05, 0) is 6.42 Å². The number of nitrogens with one attached hydrogen (secondary N) is 1. The second-order valence-electron chi connectivity index (χ2n) is 5.52. The molecule has 0 unspecified atom stereocenters. The molecule has 7 N–H and O–H groups in total. The molecule has 0 aromatic heterocycles. The quantitative estimate of drug-likeness (QED) is 0.165. The van der Waals surface area contributed by atoms with Gasteiger partial charge in [0.15, 0.2) is 6.29 Å². The van der Waals surface area contributed by atoms with Crippen molar-refractivity contribution in [3.05, 3.63) is 0 Å². The predicted octanol–water partition coefficient (Wildman–Crippen LogP) is -2.59. The number of halogens is 1. The Morgan fingerprint density at radius 2 is 1.88 bits per heavy atom. The molecule has 11 heteroatoms. The van der Waals surface area contributed by atoms with Crippen molar-refractivity contribution in [2.75, 3.05) is 13.2 Å². The highest BCUT2D eigenvalue weighted by Gasteiger charge is 2.44. The van der Waals surface area contributed by atoms with Crippen LogP contribution in [0.25, 0.3) is 0 Å². The highest BCUT2D eigenvalue weighted by Crippen LogP contribution is 2.22. The molecule has 1 amide bonds. The van der Waals surface area contributed by atoms with Crippen LogP contribution in [0.1, 0.15) is 13.3 Å². The Labute approximate surface area is 147 Å². The summed E-state index contributed by atoms with van der Waals surface area (Å²) in [4.78, 5) is 10.5. The van der Waals surface area contributed by atoms with Gasteiger partial charge in [-0.2, -0.15) is 0 Å². The van der Waals surface area contributed by atoms with Crippen molar-refractivity contribution in [2.45, 2.75) is 62.3 Å². The van der Waals surface area contributed by atoms with Gasteiger partial charge in [-0.15, -0.1) is 0 Å². The lowest BCUT2D eigenvalue weighted by Crippen LogP contribution is -2.60. The first-order valence-corrected chi connectivity index (χ1v) is 8.26. The fraction of sp³-hybridized carbons (Fsp3) is 0.923. The Morgan fingerprint density at radius 3 is 2.38 bits per heavy atom. The zero-order valence-electron chi connectivity index (χ0n) is 13.0. The van der Waals surface area contributed by atoms with E-state index in [1.165, 1.54) is 0 Å². The average molecular weight is 418 g/mol. The van der Waals surface area contributed by atoms with Crippen LogP contribution in [0.2, 0.25) is 0 Å². The third kappa shape index (κ3) is 5.58. The standard InChI is InChI=1S/C13H24BrNO9/c1-2-6(17)8(18)5(15-13(14)22)4-23-12-11(21)10(20)9(19)7(3-16)24-12/h5-12,16-21H,2-4H2,1H3,(H,15,22)/t5-,6+,7+,8-,9-,10-,11+,12-/m0/s1. The van der Waals surface area contributed by atoms with E-state index in [9.17, 15) is 30.3 Å². The molecular weight excluding hydrogens is 394 g/mol. The van der Waals surface area contributed by atoms with Crippen LogP contribution < -0.4 is 5.32 Å². The minimum absolute atomic E-state index is 0.232. The second kappa shape index (κ2) is 9.94. The average Bonchev–Trinajstić information content (AvgIpc) is 2.56. The Kier molecular flexibility index (Phi) is 8.98. The monoisotopic (exact) mass is 417 g/mol. The van der Waals surface area contributed by atoms with E-state index in [4.69, 9.17) is 14.6 Å². The molecular formula is C13H24BrNO9. The van der Waals surface area contributed by atoms with Crippen LogP contribution >= 0.6 is 15.9 Å². The smallest absolute Gasteiger partial charge is 0.287 e. The van der Waals surface area contributed by atoms with Crippen LogP contribution in [0.15, 0.2) is 0 Å². The molecule has 1 aliphatic heterocycles. The largest absolute Gasteiger partial charge is 0.394 e. The molecule has 0 aromatic rings. The van der Waals surface area contributed by atoms with E-state index >= 15 is 0 Å². The summed E-state index contributed by atoms with van der Waals surface area (Å²) in [5.74, 6) is 0. The Balaban J connectivity index is 2.72. The Hall–Kier alpha value is -0.370. The fourth-order valence-corrected chi connectivity index (χ4v) is 2.58. The van der Waals surface area contributed by atoms with Crippen molar-refractivity contribution >= 4 is 20.7 Å². The van der Waals surface area contributed by atoms with Gasteiger partial charge in [0.1, 0.15) is 30.5 Å². The molecule has 0 aliphatic carbocycles. The maximum atomic E-state index is 11.1. The molecule has 0 bridgehead atoms. The van der Waals surface area contributed by atoms with E-state index in [2.05, 4.69) is 21.2 Å². The molecule has 1 rings (SSSR count). The highest BCUT2D eigenvalue weighted by molar-refractivity contribution is 9.18. The van der Waals surface area contributed by atoms with Gasteiger partial charge in [-0.3, -0.25) is 4.79 Å². The minimum atomic E-state index is -1.60. The first kappa shape index (κ1) is 21.7. The van der Waals surface area contributed by atoms with Gasteiger partial charge < -0.3 is 45.4 Å². The van der Waals surface area contributed by atoms with E-state index in [0.29, 0.717) is 0 Å². The van der Waals surface area contributed by atoms with Crippen molar-refractivity contribution in [3.63, 3.8) is 0 Å². The number of hydrogen-bond acceptors (Lipinski definition) is 9. The summed E-state index contributed by atoms with van der Waals surface area (Å²) < 4.78 is 10.4. The molecule has 1 fully saturated rings. The molecule has 1 heterocycles. The number of carbonyl (C=O) groups is 1. The van der Waals surface area contributed by atoms with E-state index < -0.39 is 60.4 Å². The summed E-state index contributed by atoms with van der Waals surface area (Å²) in [6.07, 6.45) is -9.49. The first-order valence-electron chi connectivity index (χ1n) is 7.47. The summed E-state index contributed by atoms with van der Waals surface area (Å²) >= 11 is 2.65. The van der Waals surface area contributed by atoms with Gasteiger partial charge in [0, 0.05) is 15.9 Å². The SMILES string of the molecule is CC[C@@H](O)[C@@H](O)[C@H](CO[C@H]1O[C@H](CO)[C@H](O)[C@H](O)[C@H]1O)NC(=O)Br. The number of hydrogen-bond donors (Lipinski definition) is 7. The number of aliphatic hydroxyl groups excluding tert-OH is 6. The predicted molar refractivity (Wildman–Crippen MR) is 83.3 cm³/mol. The molecule has 10 nitrogen and oxygen atoms in total. The van der Waals surface area contributed by atoms with Crippen LogP contribution in [-0.4, -0.2) is 97.6 Å². The maximum Gasteiger partial charge on any atom is 0.287 e. The van der Waals surface area contributed by atoms with Gasteiger partial charge in [0.05, 0.1) is 25.4 Å². The number of ether oxygens (including phenoxy) is 2.